The van der Waals surface area contributed by atoms with Crippen molar-refractivity contribution in [3.63, 3.8) is 0 Å². The first kappa shape index (κ1) is 35.5. The van der Waals surface area contributed by atoms with Gasteiger partial charge in [-0.25, -0.2) is 4.98 Å². The first-order valence-corrected chi connectivity index (χ1v) is 16.5. The van der Waals surface area contributed by atoms with Gasteiger partial charge in [-0.15, -0.1) is 0 Å². The molecule has 2 aromatic rings. The normalized spacial score (nSPS) is 17.8. The number of aliphatic hydroxyl groups is 1. The molecule has 1 aliphatic carbocycles. The van der Waals surface area contributed by atoms with Gasteiger partial charge in [-0.2, -0.15) is 0 Å². The summed E-state index contributed by atoms with van der Waals surface area (Å²) in [5.74, 6) is -0.556. The highest BCUT2D eigenvalue weighted by Crippen LogP contribution is 2.30. The van der Waals surface area contributed by atoms with Gasteiger partial charge in [-0.3, -0.25) is 14.4 Å². The summed E-state index contributed by atoms with van der Waals surface area (Å²) in [6.45, 7) is 14.0. The van der Waals surface area contributed by atoms with Gasteiger partial charge < -0.3 is 20.7 Å². The highest BCUT2D eigenvalue weighted by Gasteiger charge is 2.34. The third-order valence-electron chi connectivity index (χ3n) is 9.16. The smallest absolute Gasteiger partial charge is 0.243 e. The van der Waals surface area contributed by atoms with E-state index in [9.17, 15) is 19.5 Å². The molecule has 44 heavy (non-hydrogen) atoms. The monoisotopic (exact) mass is 607 g/mol. The number of Topliss-reactive ketones (excluding diaryl/α,β-unsaturated/α-hetero) is 1. The fraction of sp³-hybridized carbons (Fsp3) is 0.639. The van der Waals surface area contributed by atoms with E-state index in [2.05, 4.69) is 41.4 Å². The Hall–Kier alpha value is -3.00. The molecule has 1 aromatic heterocycles. The number of ketones is 1. The number of carbonyl (C=O) groups excluding carboxylic acids is 3. The van der Waals surface area contributed by atoms with Crippen molar-refractivity contribution in [2.75, 3.05) is 0 Å². The molecule has 5 atom stereocenters. The molecular formula is C36H55N4O4. The zero-order chi connectivity index (χ0) is 32.3. The maximum absolute atomic E-state index is 14.0. The molecule has 0 saturated heterocycles. The Kier molecular flexibility index (Phi) is 13.6. The number of aromatic nitrogens is 2. The first-order chi connectivity index (χ1) is 20.8. The predicted molar refractivity (Wildman–Crippen MR) is 174 cm³/mol. The van der Waals surface area contributed by atoms with E-state index in [0.717, 1.165) is 18.4 Å². The Labute approximate surface area is 264 Å². The number of nitrogens with one attached hydrogen (secondary N) is 3. The molecule has 243 valence electrons. The molecule has 1 fully saturated rings. The quantitative estimate of drug-likeness (QED) is 0.197. The Morgan fingerprint density at radius 3 is 2.30 bits per heavy atom. The van der Waals surface area contributed by atoms with Crippen LogP contribution in [0.3, 0.4) is 0 Å². The number of carbonyl (C=O) groups is 3. The summed E-state index contributed by atoms with van der Waals surface area (Å²) >= 11 is 0. The number of amides is 2. The van der Waals surface area contributed by atoms with E-state index < -0.39 is 29.5 Å². The molecule has 1 unspecified atom stereocenters. The summed E-state index contributed by atoms with van der Waals surface area (Å²) < 4.78 is 0. The molecule has 3 rings (SSSR count). The van der Waals surface area contributed by atoms with Crippen LogP contribution in [0.25, 0.3) is 0 Å². The first-order valence-electron chi connectivity index (χ1n) is 16.5. The maximum atomic E-state index is 14.0. The Morgan fingerprint density at radius 1 is 1.02 bits per heavy atom. The minimum Gasteiger partial charge on any atom is -0.391 e. The minimum atomic E-state index is -0.921. The SMILES string of the molecule is [CH2][C@@H](C[C@H](O)[C@H](CC1CCCCC1)NC(=O)[C@H](Cc1c[nH]cn1)NC(=O)C(CC(=O)C(C)(C)C)Cc1ccccc1)C(C)C. The van der Waals surface area contributed by atoms with Crippen LogP contribution >= 0.6 is 0 Å². The van der Waals surface area contributed by atoms with Gasteiger partial charge in [-0.05, 0) is 49.5 Å². The number of aliphatic hydroxyl groups excluding tert-OH is 1. The van der Waals surface area contributed by atoms with Gasteiger partial charge in [0.1, 0.15) is 11.8 Å². The van der Waals surface area contributed by atoms with Gasteiger partial charge in [0.15, 0.2) is 0 Å². The molecule has 0 bridgehead atoms. The van der Waals surface area contributed by atoms with Crippen LogP contribution in [0.5, 0.6) is 0 Å². The van der Waals surface area contributed by atoms with Crippen molar-refractivity contribution in [2.45, 2.75) is 117 Å². The van der Waals surface area contributed by atoms with E-state index in [4.69, 9.17) is 0 Å². The van der Waals surface area contributed by atoms with Crippen LogP contribution < -0.4 is 10.6 Å². The van der Waals surface area contributed by atoms with E-state index in [-0.39, 0.29) is 36.4 Å². The second-order valence-corrected chi connectivity index (χ2v) is 14.3. The highest BCUT2D eigenvalue weighted by atomic mass is 16.3. The van der Waals surface area contributed by atoms with Gasteiger partial charge in [0.2, 0.25) is 11.8 Å². The lowest BCUT2D eigenvalue weighted by Gasteiger charge is -2.33. The van der Waals surface area contributed by atoms with Crippen LogP contribution in [0.15, 0.2) is 42.9 Å². The summed E-state index contributed by atoms with van der Waals surface area (Å²) in [5, 5.41) is 17.5. The van der Waals surface area contributed by atoms with Crippen LogP contribution in [0.2, 0.25) is 0 Å². The van der Waals surface area contributed by atoms with Crippen molar-refractivity contribution in [1.29, 1.82) is 0 Å². The van der Waals surface area contributed by atoms with E-state index in [1.807, 2.05) is 51.1 Å². The minimum absolute atomic E-state index is 0.00886. The van der Waals surface area contributed by atoms with Crippen LogP contribution in [0.4, 0.5) is 0 Å². The van der Waals surface area contributed by atoms with Gasteiger partial charge in [0.25, 0.3) is 0 Å². The number of benzene rings is 1. The number of aromatic amines is 1. The van der Waals surface area contributed by atoms with Gasteiger partial charge >= 0.3 is 0 Å². The van der Waals surface area contributed by atoms with Crippen molar-refractivity contribution in [1.82, 2.24) is 20.6 Å². The summed E-state index contributed by atoms with van der Waals surface area (Å²) in [5.41, 5.74) is 0.995. The van der Waals surface area contributed by atoms with Crippen LogP contribution in [-0.4, -0.2) is 50.9 Å². The second-order valence-electron chi connectivity index (χ2n) is 14.3. The number of rotatable bonds is 16. The van der Waals surface area contributed by atoms with Crippen LogP contribution in [-0.2, 0) is 27.2 Å². The zero-order valence-corrected chi connectivity index (χ0v) is 27.5. The fourth-order valence-electron chi connectivity index (χ4n) is 5.92. The van der Waals surface area contributed by atoms with Crippen molar-refractivity contribution >= 4 is 17.6 Å². The average Bonchev–Trinajstić information content (AvgIpc) is 3.49. The predicted octanol–water partition coefficient (Wildman–Crippen LogP) is 5.61. The summed E-state index contributed by atoms with van der Waals surface area (Å²) in [6, 6.07) is 8.26. The molecule has 4 N–H and O–H groups in total. The molecule has 1 aromatic carbocycles. The molecule has 8 heteroatoms. The molecule has 8 nitrogen and oxygen atoms in total. The topological polar surface area (TPSA) is 124 Å². The lowest BCUT2D eigenvalue weighted by Crippen LogP contribution is -2.55. The fourth-order valence-corrected chi connectivity index (χ4v) is 5.92. The maximum Gasteiger partial charge on any atom is 0.243 e. The molecule has 0 aliphatic heterocycles. The molecule has 1 saturated carbocycles. The van der Waals surface area contributed by atoms with Crippen LogP contribution in [0, 0.1) is 36.0 Å². The lowest BCUT2D eigenvalue weighted by atomic mass is 9.81. The van der Waals surface area contributed by atoms with Gasteiger partial charge in [0, 0.05) is 30.4 Å². The number of hydrogen-bond acceptors (Lipinski definition) is 5. The van der Waals surface area contributed by atoms with Crippen molar-refractivity contribution in [2.24, 2.45) is 29.1 Å². The molecule has 1 aliphatic rings. The third-order valence-corrected chi connectivity index (χ3v) is 9.16. The van der Waals surface area contributed by atoms with Crippen molar-refractivity contribution < 1.29 is 19.5 Å². The summed E-state index contributed by atoms with van der Waals surface area (Å²) in [4.78, 5) is 48.2. The standard InChI is InChI=1S/C36H55N4O4/c1-24(2)25(3)17-32(41)30(19-27-15-11-8-12-16-27)39-35(44)31(21-29-22-37-23-38-29)40-34(43)28(20-33(42)36(4,5)6)18-26-13-9-7-10-14-26/h7,9-10,13-14,22-25,27-28,30-32,41H,3,8,11-12,15-21H2,1-2,4-6H3,(H,37,38)(H,39,44)(H,40,43)/t25-,28?,30-,31-,32-/m0/s1. The van der Waals surface area contributed by atoms with E-state index in [1.54, 1.807) is 12.5 Å². The zero-order valence-electron chi connectivity index (χ0n) is 27.5. The molecule has 1 heterocycles. The van der Waals surface area contributed by atoms with E-state index in [1.165, 1.54) is 19.3 Å². The lowest BCUT2D eigenvalue weighted by molar-refractivity contribution is -0.135. The second kappa shape index (κ2) is 16.9. The van der Waals surface area contributed by atoms with Crippen molar-refractivity contribution in [3.05, 3.63) is 61.0 Å². The Bertz CT molecular complexity index is 1150. The number of hydrogen-bond donors (Lipinski definition) is 4. The average molecular weight is 608 g/mol. The molecule has 2 amide bonds. The van der Waals surface area contributed by atoms with Crippen LogP contribution in [0.1, 0.15) is 97.2 Å². The number of nitrogens with zero attached hydrogens (tertiary/aromatic N) is 1. The third kappa shape index (κ3) is 11.5. The highest BCUT2D eigenvalue weighted by molar-refractivity contribution is 5.92. The van der Waals surface area contributed by atoms with Gasteiger partial charge in [-0.1, -0.05) is 97.1 Å². The van der Waals surface area contributed by atoms with Gasteiger partial charge in [0.05, 0.1) is 24.2 Å². The summed E-state index contributed by atoms with van der Waals surface area (Å²) in [7, 11) is 0. The number of H-pyrrole nitrogens is 1. The molecule has 1 radical (unpaired) electrons. The van der Waals surface area contributed by atoms with Crippen molar-refractivity contribution in [3.8, 4) is 0 Å². The molecule has 0 spiro atoms. The van der Waals surface area contributed by atoms with E-state index in [0.29, 0.717) is 36.8 Å². The Morgan fingerprint density at radius 2 is 1.70 bits per heavy atom. The largest absolute Gasteiger partial charge is 0.391 e. The summed E-state index contributed by atoms with van der Waals surface area (Å²) in [6.07, 6.45) is 10.1. The Balaban J connectivity index is 1.83. The molecular weight excluding hydrogens is 552 g/mol. The number of imidazole rings is 1. The van der Waals surface area contributed by atoms with E-state index >= 15 is 0 Å².